The molecule has 0 aliphatic heterocycles. The van der Waals surface area contributed by atoms with Gasteiger partial charge in [0.15, 0.2) is 0 Å². The van der Waals surface area contributed by atoms with Gasteiger partial charge in [0.2, 0.25) is 0 Å². The number of aromatic nitrogens is 1. The number of hydrogen-bond donors (Lipinski definition) is 1. The molecule has 1 aromatic heterocycles. The van der Waals surface area contributed by atoms with Crippen LogP contribution in [-0.2, 0) is 13.0 Å². The lowest BCUT2D eigenvalue weighted by atomic mass is 10.1. The molecule has 1 atom stereocenters. The fraction of sp³-hybridized carbons (Fsp3) is 0.357. The van der Waals surface area contributed by atoms with Crippen molar-refractivity contribution in [1.82, 2.24) is 10.3 Å². The van der Waals surface area contributed by atoms with E-state index >= 15 is 0 Å². The summed E-state index contributed by atoms with van der Waals surface area (Å²) >= 11 is 7.47. The number of nitro benzene ring substituents is 1. The highest BCUT2D eigenvalue weighted by Crippen LogP contribution is 2.25. The second-order valence-corrected chi connectivity index (χ2v) is 6.23. The number of benzene rings is 1. The molecule has 2 aromatic rings. The van der Waals surface area contributed by atoms with Gasteiger partial charge in [-0.05, 0) is 25.5 Å². The van der Waals surface area contributed by atoms with Crippen LogP contribution in [0, 0.1) is 10.1 Å². The Balaban J connectivity index is 2.07. The summed E-state index contributed by atoms with van der Waals surface area (Å²) in [6.07, 6.45) is 2.84. The average molecular weight is 326 g/mol. The van der Waals surface area contributed by atoms with E-state index in [9.17, 15) is 10.1 Å². The number of nitrogens with one attached hydrogen (secondary N) is 1. The van der Waals surface area contributed by atoms with Crippen molar-refractivity contribution in [3.8, 4) is 0 Å². The van der Waals surface area contributed by atoms with Crippen LogP contribution in [0.15, 0.2) is 24.4 Å². The van der Waals surface area contributed by atoms with Crippen LogP contribution in [0.25, 0.3) is 0 Å². The van der Waals surface area contributed by atoms with Crippen molar-refractivity contribution in [2.24, 2.45) is 0 Å². The van der Waals surface area contributed by atoms with E-state index < -0.39 is 4.92 Å². The minimum Gasteiger partial charge on any atom is -0.304 e. The maximum absolute atomic E-state index is 11.0. The van der Waals surface area contributed by atoms with Crippen molar-refractivity contribution < 1.29 is 4.92 Å². The third-order valence-electron chi connectivity index (χ3n) is 3.13. The summed E-state index contributed by atoms with van der Waals surface area (Å²) in [5.74, 6) is 0. The molecule has 0 bridgehead atoms. The minimum atomic E-state index is -0.411. The summed E-state index contributed by atoms with van der Waals surface area (Å²) < 4.78 is 0. The highest BCUT2D eigenvalue weighted by atomic mass is 35.5. The van der Waals surface area contributed by atoms with Gasteiger partial charge < -0.3 is 5.32 Å². The van der Waals surface area contributed by atoms with Crippen molar-refractivity contribution in [1.29, 1.82) is 0 Å². The van der Waals surface area contributed by atoms with Crippen LogP contribution in [0.2, 0.25) is 5.02 Å². The molecule has 21 heavy (non-hydrogen) atoms. The number of nitro groups is 1. The predicted molar refractivity (Wildman–Crippen MR) is 84.9 cm³/mol. The first kappa shape index (κ1) is 15.9. The van der Waals surface area contributed by atoms with Crippen LogP contribution in [0.3, 0.4) is 0 Å². The molecule has 0 aliphatic rings. The van der Waals surface area contributed by atoms with Gasteiger partial charge in [0, 0.05) is 34.3 Å². The number of hydrogen-bond acceptors (Lipinski definition) is 5. The molecular formula is C14H16ClN3O2S. The molecule has 0 spiro atoms. The Labute approximate surface area is 132 Å². The van der Waals surface area contributed by atoms with Gasteiger partial charge in [0.05, 0.1) is 11.0 Å². The lowest BCUT2D eigenvalue weighted by molar-refractivity contribution is -0.385. The predicted octanol–water partition coefficient (Wildman–Crippen LogP) is 4.12. The molecule has 0 aliphatic carbocycles. The Hall–Kier alpha value is -1.50. The van der Waals surface area contributed by atoms with Gasteiger partial charge in [-0.2, -0.15) is 0 Å². The number of thiazole rings is 1. The SMILES string of the molecule is CCc1cnc(C(C)NCc2ccc(Cl)cc2[N+](=O)[O-])s1. The van der Waals surface area contributed by atoms with Gasteiger partial charge in [-0.1, -0.05) is 18.5 Å². The Morgan fingerprint density at radius 1 is 1.52 bits per heavy atom. The van der Waals surface area contributed by atoms with Crippen LogP contribution in [0.5, 0.6) is 0 Å². The molecule has 1 N–H and O–H groups in total. The largest absolute Gasteiger partial charge is 0.304 e. The van der Waals surface area contributed by atoms with Gasteiger partial charge in [-0.3, -0.25) is 10.1 Å². The maximum atomic E-state index is 11.0. The normalized spacial score (nSPS) is 12.3. The third-order valence-corrected chi connectivity index (χ3v) is 4.69. The Morgan fingerprint density at radius 2 is 2.29 bits per heavy atom. The first-order valence-corrected chi connectivity index (χ1v) is 7.81. The highest BCUT2D eigenvalue weighted by Gasteiger charge is 2.16. The molecule has 0 saturated carbocycles. The maximum Gasteiger partial charge on any atom is 0.275 e. The first-order chi connectivity index (χ1) is 10.0. The van der Waals surface area contributed by atoms with E-state index in [-0.39, 0.29) is 11.7 Å². The van der Waals surface area contributed by atoms with Crippen LogP contribution >= 0.6 is 22.9 Å². The van der Waals surface area contributed by atoms with Crippen LogP contribution in [0.1, 0.15) is 35.3 Å². The van der Waals surface area contributed by atoms with Crippen molar-refractivity contribution in [2.45, 2.75) is 32.9 Å². The molecule has 0 fully saturated rings. The zero-order valence-corrected chi connectivity index (χ0v) is 13.4. The zero-order chi connectivity index (χ0) is 15.4. The topological polar surface area (TPSA) is 68.1 Å². The molecule has 1 heterocycles. The molecule has 1 aromatic carbocycles. The van der Waals surface area contributed by atoms with E-state index in [1.807, 2.05) is 13.1 Å². The average Bonchev–Trinajstić information content (AvgIpc) is 2.94. The van der Waals surface area contributed by atoms with E-state index in [2.05, 4.69) is 17.2 Å². The van der Waals surface area contributed by atoms with E-state index in [0.717, 1.165) is 11.4 Å². The van der Waals surface area contributed by atoms with E-state index in [0.29, 0.717) is 17.1 Å². The molecule has 2 rings (SSSR count). The molecule has 112 valence electrons. The lowest BCUT2D eigenvalue weighted by Crippen LogP contribution is -2.18. The van der Waals surface area contributed by atoms with Gasteiger partial charge in [-0.15, -0.1) is 11.3 Å². The second kappa shape index (κ2) is 6.98. The summed E-state index contributed by atoms with van der Waals surface area (Å²) in [6.45, 7) is 4.49. The Bertz CT molecular complexity index is 645. The molecule has 5 nitrogen and oxygen atoms in total. The second-order valence-electron chi connectivity index (χ2n) is 4.65. The van der Waals surface area contributed by atoms with Gasteiger partial charge >= 0.3 is 0 Å². The molecule has 0 amide bonds. The van der Waals surface area contributed by atoms with Gasteiger partial charge in [0.1, 0.15) is 5.01 Å². The summed E-state index contributed by atoms with van der Waals surface area (Å²) in [5, 5.41) is 15.7. The Morgan fingerprint density at radius 3 is 2.90 bits per heavy atom. The van der Waals surface area contributed by atoms with E-state index in [1.165, 1.54) is 10.9 Å². The first-order valence-electron chi connectivity index (χ1n) is 6.62. The lowest BCUT2D eigenvalue weighted by Gasteiger charge is -2.11. The quantitative estimate of drug-likeness (QED) is 0.640. The summed E-state index contributed by atoms with van der Waals surface area (Å²) in [4.78, 5) is 16.2. The zero-order valence-electron chi connectivity index (χ0n) is 11.8. The number of rotatable bonds is 6. The molecule has 0 saturated heterocycles. The fourth-order valence-corrected chi connectivity index (χ4v) is 2.94. The van der Waals surface area contributed by atoms with Crippen molar-refractivity contribution >= 4 is 28.6 Å². The van der Waals surface area contributed by atoms with Crippen LogP contribution in [0.4, 0.5) is 5.69 Å². The highest BCUT2D eigenvalue weighted by molar-refractivity contribution is 7.11. The fourth-order valence-electron chi connectivity index (χ4n) is 1.89. The van der Waals surface area contributed by atoms with Crippen LogP contribution in [-0.4, -0.2) is 9.91 Å². The molecular weight excluding hydrogens is 310 g/mol. The van der Waals surface area contributed by atoms with Crippen LogP contribution < -0.4 is 5.32 Å². The van der Waals surface area contributed by atoms with Crippen molar-refractivity contribution in [3.05, 3.63) is 55.0 Å². The Kier molecular flexibility index (Phi) is 5.27. The van der Waals surface area contributed by atoms with Crippen molar-refractivity contribution in [2.75, 3.05) is 0 Å². The smallest absolute Gasteiger partial charge is 0.275 e. The number of aryl methyl sites for hydroxylation is 1. The molecule has 7 heteroatoms. The van der Waals surface area contributed by atoms with Crippen molar-refractivity contribution in [3.63, 3.8) is 0 Å². The van der Waals surface area contributed by atoms with E-state index in [4.69, 9.17) is 11.6 Å². The monoisotopic (exact) mass is 325 g/mol. The summed E-state index contributed by atoms with van der Waals surface area (Å²) in [6, 6.07) is 4.77. The molecule has 0 radical (unpaired) electrons. The minimum absolute atomic E-state index is 0.0376. The summed E-state index contributed by atoms with van der Waals surface area (Å²) in [7, 11) is 0. The van der Waals surface area contributed by atoms with E-state index in [1.54, 1.807) is 23.5 Å². The van der Waals surface area contributed by atoms with Gasteiger partial charge in [0.25, 0.3) is 5.69 Å². The third kappa shape index (κ3) is 4.00. The summed E-state index contributed by atoms with van der Waals surface area (Å²) in [5.41, 5.74) is 0.652. The van der Waals surface area contributed by atoms with Gasteiger partial charge in [-0.25, -0.2) is 4.98 Å². The molecule has 1 unspecified atom stereocenters. The standard InChI is InChI=1S/C14H16ClN3O2S/c1-3-12-8-17-14(21-12)9(2)16-7-10-4-5-11(15)6-13(10)18(19)20/h4-6,8-9,16H,3,7H2,1-2H3. The number of halogens is 1. The number of nitrogens with zero attached hydrogens (tertiary/aromatic N) is 2.